The number of rotatable bonds is 8. The highest BCUT2D eigenvalue weighted by atomic mass is 32.1. The van der Waals surface area contributed by atoms with Crippen LogP contribution in [-0.2, 0) is 22.4 Å². The van der Waals surface area contributed by atoms with Crippen LogP contribution < -0.4 is 15.5 Å². The molecule has 9 nitrogen and oxygen atoms in total. The summed E-state index contributed by atoms with van der Waals surface area (Å²) in [5.41, 5.74) is 2.36. The summed E-state index contributed by atoms with van der Waals surface area (Å²) in [6.07, 6.45) is 4.04. The Bertz CT molecular complexity index is 1280. The molecule has 3 heterocycles. The maximum absolute atomic E-state index is 12.2. The van der Waals surface area contributed by atoms with Gasteiger partial charge in [0.25, 0.3) is 0 Å². The second-order valence-electron chi connectivity index (χ2n) is 8.82. The number of anilines is 3. The van der Waals surface area contributed by atoms with E-state index in [4.69, 9.17) is 0 Å². The predicted octanol–water partition coefficient (Wildman–Crippen LogP) is 4.71. The fourth-order valence-electron chi connectivity index (χ4n) is 4.14. The molecule has 1 atom stereocenters. The van der Waals surface area contributed by atoms with Crippen molar-refractivity contribution in [3.8, 4) is 0 Å². The van der Waals surface area contributed by atoms with Gasteiger partial charge in [-0.15, -0.1) is 20.4 Å². The average Bonchev–Trinajstić information content (AvgIpc) is 3.44. The lowest BCUT2D eigenvalue weighted by Crippen LogP contribution is -2.35. The van der Waals surface area contributed by atoms with E-state index in [0.29, 0.717) is 23.8 Å². The van der Waals surface area contributed by atoms with E-state index >= 15 is 0 Å². The van der Waals surface area contributed by atoms with E-state index in [1.807, 2.05) is 42.5 Å². The molecule has 38 heavy (non-hydrogen) atoms. The fraction of sp³-hybridized carbons (Fsp3) is 0.286. The molecular formula is C28H31N7O2S. The van der Waals surface area contributed by atoms with Crippen LogP contribution >= 0.6 is 11.3 Å². The largest absolute Gasteiger partial charge is 0.354 e. The Balaban J connectivity index is 0.000000360. The highest BCUT2D eigenvalue weighted by Gasteiger charge is 2.25. The van der Waals surface area contributed by atoms with Crippen molar-refractivity contribution in [3.05, 3.63) is 88.9 Å². The SMILES string of the molecule is CCc1ccccc1.O=CNc1nnc(C2CCCN(c3ccc(NC(=O)Cc4ccccc4)nn3)C2)s1. The van der Waals surface area contributed by atoms with Crippen LogP contribution in [0, 0.1) is 0 Å². The smallest absolute Gasteiger partial charge is 0.229 e. The molecule has 2 N–H and O–H groups in total. The van der Waals surface area contributed by atoms with Gasteiger partial charge >= 0.3 is 0 Å². The predicted molar refractivity (Wildman–Crippen MR) is 150 cm³/mol. The third-order valence-electron chi connectivity index (χ3n) is 6.09. The first-order valence-corrected chi connectivity index (χ1v) is 13.5. The van der Waals surface area contributed by atoms with Gasteiger partial charge < -0.3 is 15.5 Å². The Labute approximate surface area is 226 Å². The number of benzene rings is 2. The molecule has 0 bridgehead atoms. The summed E-state index contributed by atoms with van der Waals surface area (Å²) in [4.78, 5) is 24.9. The number of amides is 2. The van der Waals surface area contributed by atoms with Crippen LogP contribution in [0.3, 0.4) is 0 Å². The van der Waals surface area contributed by atoms with Gasteiger partial charge in [-0.3, -0.25) is 9.59 Å². The topological polar surface area (TPSA) is 113 Å². The van der Waals surface area contributed by atoms with E-state index in [0.717, 1.165) is 48.7 Å². The normalized spacial score (nSPS) is 14.7. The second-order valence-corrected chi connectivity index (χ2v) is 9.83. The zero-order chi connectivity index (χ0) is 26.6. The molecule has 5 rings (SSSR count). The van der Waals surface area contributed by atoms with E-state index < -0.39 is 0 Å². The van der Waals surface area contributed by atoms with Gasteiger partial charge in [0.1, 0.15) is 5.01 Å². The Kier molecular flexibility index (Phi) is 9.86. The van der Waals surface area contributed by atoms with E-state index in [-0.39, 0.29) is 11.8 Å². The number of hydrogen-bond acceptors (Lipinski definition) is 8. The third-order valence-corrected chi connectivity index (χ3v) is 7.11. The lowest BCUT2D eigenvalue weighted by Gasteiger charge is -2.32. The molecule has 0 radical (unpaired) electrons. The molecular weight excluding hydrogens is 498 g/mol. The standard InChI is InChI=1S/C20H21N7O2S.C8H10/c28-13-21-20-26-25-19(30-20)15-7-4-10-27(12-15)17-9-8-16(23-24-17)22-18(29)11-14-5-2-1-3-6-14;1-2-8-6-4-3-5-7-8/h1-3,5-6,8-9,13,15H,4,7,10-12H2,(H,21,26,28)(H,22,23,29);3-7H,2H2,1H3. The van der Waals surface area contributed by atoms with Gasteiger partial charge in [0, 0.05) is 19.0 Å². The summed E-state index contributed by atoms with van der Waals surface area (Å²) in [5, 5.41) is 23.4. The molecule has 1 fully saturated rings. The minimum Gasteiger partial charge on any atom is -0.354 e. The van der Waals surface area contributed by atoms with Crippen LogP contribution in [0.25, 0.3) is 0 Å². The Morgan fingerprint density at radius 1 is 0.974 bits per heavy atom. The van der Waals surface area contributed by atoms with Gasteiger partial charge in [-0.25, -0.2) is 0 Å². The zero-order valence-corrected chi connectivity index (χ0v) is 22.1. The number of carbonyl (C=O) groups is 2. The molecule has 0 aliphatic carbocycles. The Morgan fingerprint density at radius 2 is 1.71 bits per heavy atom. The summed E-state index contributed by atoms with van der Waals surface area (Å²) in [7, 11) is 0. The first-order chi connectivity index (χ1) is 18.6. The quantitative estimate of drug-likeness (QED) is 0.318. The fourth-order valence-corrected chi connectivity index (χ4v) is 4.97. The summed E-state index contributed by atoms with van der Waals surface area (Å²) in [6.45, 7) is 3.79. The Hall–Kier alpha value is -4.18. The van der Waals surface area contributed by atoms with Gasteiger partial charge in [0.2, 0.25) is 17.4 Å². The zero-order valence-electron chi connectivity index (χ0n) is 21.3. The van der Waals surface area contributed by atoms with Crippen LogP contribution in [0.15, 0.2) is 72.8 Å². The number of nitrogens with zero attached hydrogens (tertiary/aromatic N) is 5. The molecule has 1 aliphatic heterocycles. The minimum absolute atomic E-state index is 0.128. The Morgan fingerprint density at radius 3 is 2.34 bits per heavy atom. The molecule has 196 valence electrons. The molecule has 10 heteroatoms. The van der Waals surface area contributed by atoms with Crippen molar-refractivity contribution in [2.45, 2.75) is 38.5 Å². The highest BCUT2D eigenvalue weighted by molar-refractivity contribution is 7.15. The van der Waals surface area contributed by atoms with E-state index in [2.05, 4.69) is 67.1 Å². The molecule has 2 aromatic heterocycles. The summed E-state index contributed by atoms with van der Waals surface area (Å²) in [5.74, 6) is 1.29. The van der Waals surface area contributed by atoms with E-state index in [9.17, 15) is 9.59 Å². The maximum atomic E-state index is 12.2. The lowest BCUT2D eigenvalue weighted by atomic mass is 9.99. The maximum Gasteiger partial charge on any atom is 0.229 e. The van der Waals surface area contributed by atoms with Crippen LogP contribution in [-0.4, -0.2) is 45.8 Å². The van der Waals surface area contributed by atoms with Crippen molar-refractivity contribution in [1.29, 1.82) is 0 Å². The number of nitrogens with one attached hydrogen (secondary N) is 2. The van der Waals surface area contributed by atoms with Crippen LogP contribution in [0.2, 0.25) is 0 Å². The lowest BCUT2D eigenvalue weighted by molar-refractivity contribution is -0.115. The molecule has 4 aromatic rings. The van der Waals surface area contributed by atoms with Gasteiger partial charge in [-0.05, 0) is 42.5 Å². The first-order valence-electron chi connectivity index (χ1n) is 12.6. The van der Waals surface area contributed by atoms with Crippen molar-refractivity contribution in [3.63, 3.8) is 0 Å². The average molecular weight is 530 g/mol. The van der Waals surface area contributed by atoms with Crippen LogP contribution in [0.5, 0.6) is 0 Å². The van der Waals surface area contributed by atoms with Gasteiger partial charge in [-0.1, -0.05) is 78.9 Å². The van der Waals surface area contributed by atoms with Crippen molar-refractivity contribution in [2.24, 2.45) is 0 Å². The molecule has 1 aliphatic rings. The minimum atomic E-state index is -0.128. The monoisotopic (exact) mass is 529 g/mol. The summed E-state index contributed by atoms with van der Waals surface area (Å²) in [6, 6.07) is 23.7. The van der Waals surface area contributed by atoms with Crippen molar-refractivity contribution in [1.82, 2.24) is 20.4 Å². The number of carbonyl (C=O) groups excluding carboxylic acids is 2. The first kappa shape index (κ1) is 26.9. The molecule has 0 spiro atoms. The summed E-state index contributed by atoms with van der Waals surface area (Å²) < 4.78 is 0. The van der Waals surface area contributed by atoms with E-state index in [1.54, 1.807) is 6.07 Å². The second kappa shape index (κ2) is 13.9. The molecule has 2 aromatic carbocycles. The number of piperidine rings is 1. The van der Waals surface area contributed by atoms with Gasteiger partial charge in [0.05, 0.1) is 6.42 Å². The van der Waals surface area contributed by atoms with Crippen molar-refractivity contribution in [2.75, 3.05) is 28.6 Å². The number of hydrogen-bond donors (Lipinski definition) is 2. The molecule has 0 saturated carbocycles. The van der Waals surface area contributed by atoms with Gasteiger partial charge in [-0.2, -0.15) is 0 Å². The van der Waals surface area contributed by atoms with Crippen molar-refractivity contribution < 1.29 is 9.59 Å². The highest BCUT2D eigenvalue weighted by Crippen LogP contribution is 2.32. The third kappa shape index (κ3) is 7.91. The molecule has 1 saturated heterocycles. The van der Waals surface area contributed by atoms with Crippen LogP contribution in [0.4, 0.5) is 16.8 Å². The number of aryl methyl sites for hydroxylation is 1. The van der Waals surface area contributed by atoms with Crippen LogP contribution in [0.1, 0.15) is 41.8 Å². The van der Waals surface area contributed by atoms with Gasteiger partial charge in [0.15, 0.2) is 11.6 Å². The number of aromatic nitrogens is 4. The summed E-state index contributed by atoms with van der Waals surface area (Å²) >= 11 is 1.40. The van der Waals surface area contributed by atoms with Crippen molar-refractivity contribution >= 4 is 40.4 Å². The van der Waals surface area contributed by atoms with E-state index in [1.165, 1.54) is 16.9 Å². The molecule has 1 unspecified atom stereocenters. The molecule has 2 amide bonds.